The van der Waals surface area contributed by atoms with E-state index in [0.717, 1.165) is 5.69 Å². The monoisotopic (exact) mass is 231 g/mol. The van der Waals surface area contributed by atoms with Gasteiger partial charge in [-0.3, -0.25) is 4.79 Å². The maximum Gasteiger partial charge on any atom is 0.338 e. The van der Waals surface area contributed by atoms with Gasteiger partial charge in [0.2, 0.25) is 0 Å². The molecule has 0 aliphatic carbocycles. The van der Waals surface area contributed by atoms with Gasteiger partial charge < -0.3 is 9.72 Å². The normalized spacial score (nSPS) is 10.5. The number of H-pyrrole nitrogens is 1. The maximum atomic E-state index is 11.7. The Morgan fingerprint density at radius 1 is 1.35 bits per heavy atom. The molecule has 0 saturated heterocycles. The molecule has 0 fully saturated rings. The summed E-state index contributed by atoms with van der Waals surface area (Å²) in [6, 6.07) is 6.42. The van der Waals surface area contributed by atoms with Gasteiger partial charge in [-0.15, -0.1) is 0 Å². The van der Waals surface area contributed by atoms with Gasteiger partial charge in [0, 0.05) is 17.1 Å². The number of esters is 1. The number of fused-ring (bicyclic) bond motifs is 1. The molecule has 2 rings (SSSR count). The number of hydrogen-bond acceptors (Lipinski definition) is 3. The van der Waals surface area contributed by atoms with E-state index in [1.54, 1.807) is 32.0 Å². The summed E-state index contributed by atoms with van der Waals surface area (Å²) < 4.78 is 4.91. The van der Waals surface area contributed by atoms with E-state index in [-0.39, 0.29) is 11.4 Å². The van der Waals surface area contributed by atoms with E-state index in [2.05, 4.69) is 4.98 Å². The third kappa shape index (κ3) is 2.20. The van der Waals surface area contributed by atoms with Gasteiger partial charge in [-0.2, -0.15) is 0 Å². The van der Waals surface area contributed by atoms with Crippen LogP contribution >= 0.6 is 0 Å². The molecule has 0 unspecified atom stereocenters. The van der Waals surface area contributed by atoms with E-state index in [9.17, 15) is 9.59 Å². The number of ether oxygens (including phenoxy) is 1. The van der Waals surface area contributed by atoms with Gasteiger partial charge >= 0.3 is 5.97 Å². The van der Waals surface area contributed by atoms with Crippen LogP contribution in [0.2, 0.25) is 0 Å². The lowest BCUT2D eigenvalue weighted by molar-refractivity contribution is 0.0526. The Balaban J connectivity index is 2.58. The van der Waals surface area contributed by atoms with Crippen LogP contribution < -0.4 is 5.43 Å². The minimum absolute atomic E-state index is 0.0494. The number of benzene rings is 1. The van der Waals surface area contributed by atoms with Crippen molar-refractivity contribution < 1.29 is 9.53 Å². The second kappa shape index (κ2) is 4.41. The van der Waals surface area contributed by atoms with E-state index < -0.39 is 0 Å². The van der Waals surface area contributed by atoms with E-state index in [4.69, 9.17) is 4.74 Å². The average Bonchev–Trinajstić information content (AvgIpc) is 2.28. The van der Waals surface area contributed by atoms with E-state index in [1.165, 1.54) is 6.07 Å². The smallest absolute Gasteiger partial charge is 0.338 e. The number of pyridine rings is 1. The molecule has 1 aromatic heterocycles. The van der Waals surface area contributed by atoms with Gasteiger partial charge in [0.15, 0.2) is 5.43 Å². The van der Waals surface area contributed by atoms with Crippen molar-refractivity contribution in [2.45, 2.75) is 13.8 Å². The first-order chi connectivity index (χ1) is 8.11. The molecule has 0 saturated carbocycles. The highest BCUT2D eigenvalue weighted by atomic mass is 16.5. The zero-order valence-electron chi connectivity index (χ0n) is 9.74. The zero-order valence-corrected chi connectivity index (χ0v) is 9.74. The molecule has 0 atom stereocenters. The molecule has 0 aliphatic rings. The molecule has 0 aliphatic heterocycles. The standard InChI is InChI=1S/C13H13NO3/c1-3-17-13(16)9-4-5-10-11(7-9)14-8(2)6-12(10)15/h4-7H,3H2,1-2H3,(H,14,15). The predicted molar refractivity (Wildman–Crippen MR) is 65.3 cm³/mol. The minimum Gasteiger partial charge on any atom is -0.462 e. The topological polar surface area (TPSA) is 59.2 Å². The number of aromatic amines is 1. The Bertz CT molecular complexity index is 628. The fourth-order valence-corrected chi connectivity index (χ4v) is 1.73. The molecule has 1 heterocycles. The van der Waals surface area contributed by atoms with Crippen molar-refractivity contribution in [3.8, 4) is 0 Å². The summed E-state index contributed by atoms with van der Waals surface area (Å²) in [5.41, 5.74) is 1.82. The fraction of sp³-hybridized carbons (Fsp3) is 0.231. The minimum atomic E-state index is -0.378. The number of rotatable bonds is 2. The van der Waals surface area contributed by atoms with Crippen LogP contribution in [0.4, 0.5) is 0 Å². The van der Waals surface area contributed by atoms with Crippen molar-refractivity contribution in [3.05, 3.63) is 45.7 Å². The quantitative estimate of drug-likeness (QED) is 0.804. The molecule has 1 aromatic carbocycles. The first kappa shape index (κ1) is 11.4. The molecule has 0 bridgehead atoms. The van der Waals surface area contributed by atoms with Crippen LogP contribution in [0.3, 0.4) is 0 Å². The summed E-state index contributed by atoms with van der Waals surface area (Å²) in [5.74, 6) is -0.378. The highest BCUT2D eigenvalue weighted by molar-refractivity contribution is 5.94. The molecule has 0 amide bonds. The highest BCUT2D eigenvalue weighted by Crippen LogP contribution is 2.12. The molecule has 17 heavy (non-hydrogen) atoms. The molecule has 1 N–H and O–H groups in total. The molecule has 4 nitrogen and oxygen atoms in total. The molecular weight excluding hydrogens is 218 g/mol. The highest BCUT2D eigenvalue weighted by Gasteiger charge is 2.08. The number of carbonyl (C=O) groups is 1. The lowest BCUT2D eigenvalue weighted by Gasteiger charge is -2.04. The average molecular weight is 231 g/mol. The summed E-state index contributed by atoms with van der Waals surface area (Å²) in [4.78, 5) is 26.3. The van der Waals surface area contributed by atoms with Crippen molar-refractivity contribution in [2.75, 3.05) is 6.61 Å². The van der Waals surface area contributed by atoms with Crippen LogP contribution in [-0.2, 0) is 4.74 Å². The molecule has 0 radical (unpaired) electrons. The molecule has 88 valence electrons. The van der Waals surface area contributed by atoms with E-state index >= 15 is 0 Å². The molecule has 0 spiro atoms. The fourth-order valence-electron chi connectivity index (χ4n) is 1.73. The number of carbonyl (C=O) groups excluding carboxylic acids is 1. The largest absolute Gasteiger partial charge is 0.462 e. The Morgan fingerprint density at radius 3 is 2.82 bits per heavy atom. The second-order valence-electron chi connectivity index (χ2n) is 3.80. The summed E-state index contributed by atoms with van der Waals surface area (Å²) in [6.45, 7) is 3.89. The Morgan fingerprint density at radius 2 is 2.12 bits per heavy atom. The second-order valence-corrected chi connectivity index (χ2v) is 3.80. The Labute approximate surface area is 98.2 Å². The number of nitrogens with one attached hydrogen (secondary N) is 1. The number of aryl methyl sites for hydroxylation is 1. The van der Waals surface area contributed by atoms with Crippen LogP contribution in [0.25, 0.3) is 10.9 Å². The third-order valence-electron chi connectivity index (χ3n) is 2.48. The summed E-state index contributed by atoms with van der Waals surface area (Å²) in [7, 11) is 0. The molecule has 4 heteroatoms. The van der Waals surface area contributed by atoms with Crippen molar-refractivity contribution >= 4 is 16.9 Å². The first-order valence-electron chi connectivity index (χ1n) is 5.42. The zero-order chi connectivity index (χ0) is 12.4. The van der Waals surface area contributed by atoms with Crippen molar-refractivity contribution in [1.29, 1.82) is 0 Å². The predicted octanol–water partition coefficient (Wildman–Crippen LogP) is 2.01. The van der Waals surface area contributed by atoms with Crippen molar-refractivity contribution in [2.24, 2.45) is 0 Å². The SMILES string of the molecule is CCOC(=O)c1ccc2c(=O)cc(C)[nH]c2c1. The maximum absolute atomic E-state index is 11.7. The van der Waals surface area contributed by atoms with Gasteiger partial charge in [0.1, 0.15) is 0 Å². The van der Waals surface area contributed by atoms with Crippen LogP contribution in [0.1, 0.15) is 23.0 Å². The van der Waals surface area contributed by atoms with Crippen molar-refractivity contribution in [3.63, 3.8) is 0 Å². The lowest BCUT2D eigenvalue weighted by Crippen LogP contribution is -2.07. The Hall–Kier alpha value is -2.10. The first-order valence-corrected chi connectivity index (χ1v) is 5.42. The van der Waals surface area contributed by atoms with Gasteiger partial charge in [-0.05, 0) is 32.0 Å². The van der Waals surface area contributed by atoms with Crippen LogP contribution in [0.15, 0.2) is 29.1 Å². The van der Waals surface area contributed by atoms with E-state index in [1.807, 2.05) is 0 Å². The van der Waals surface area contributed by atoms with Gasteiger partial charge in [-0.25, -0.2) is 4.79 Å². The lowest BCUT2D eigenvalue weighted by atomic mass is 10.1. The number of aromatic nitrogens is 1. The summed E-state index contributed by atoms with van der Waals surface area (Å²) in [6.07, 6.45) is 0. The molecule has 2 aromatic rings. The summed E-state index contributed by atoms with van der Waals surface area (Å²) >= 11 is 0. The van der Waals surface area contributed by atoms with Gasteiger partial charge in [0.05, 0.1) is 17.7 Å². The number of hydrogen-bond donors (Lipinski definition) is 1. The van der Waals surface area contributed by atoms with Crippen LogP contribution in [0.5, 0.6) is 0 Å². The van der Waals surface area contributed by atoms with Crippen LogP contribution in [-0.4, -0.2) is 17.6 Å². The van der Waals surface area contributed by atoms with Crippen LogP contribution in [0, 0.1) is 6.92 Å². The van der Waals surface area contributed by atoms with E-state index in [0.29, 0.717) is 23.1 Å². The third-order valence-corrected chi connectivity index (χ3v) is 2.48. The summed E-state index contributed by atoms with van der Waals surface area (Å²) in [5, 5.41) is 0.573. The van der Waals surface area contributed by atoms with Gasteiger partial charge in [-0.1, -0.05) is 0 Å². The molecular formula is C13H13NO3. The van der Waals surface area contributed by atoms with Crippen molar-refractivity contribution in [1.82, 2.24) is 4.98 Å². The Kier molecular flexibility index (Phi) is 2.95. The van der Waals surface area contributed by atoms with Gasteiger partial charge in [0.25, 0.3) is 0 Å².